The molecule has 0 aliphatic heterocycles. The second-order valence-electron chi connectivity index (χ2n) is 22.4. The van der Waals surface area contributed by atoms with Gasteiger partial charge >= 0.3 is 17.9 Å². The van der Waals surface area contributed by atoms with Crippen LogP contribution in [0.4, 0.5) is 0 Å². The fraction of sp³-hybridized carbons (Fsp3) is 0.764. The van der Waals surface area contributed by atoms with E-state index in [0.29, 0.717) is 19.3 Å². The minimum Gasteiger partial charge on any atom is -0.462 e. The summed E-state index contributed by atoms with van der Waals surface area (Å²) in [5.41, 5.74) is 0. The van der Waals surface area contributed by atoms with E-state index in [9.17, 15) is 14.4 Å². The van der Waals surface area contributed by atoms with Crippen LogP contribution in [0.5, 0.6) is 0 Å². The van der Waals surface area contributed by atoms with Gasteiger partial charge in [-0.2, -0.15) is 0 Å². The van der Waals surface area contributed by atoms with Gasteiger partial charge in [0.05, 0.1) is 0 Å². The Morgan fingerprint density at radius 3 is 0.795 bits per heavy atom. The second kappa shape index (κ2) is 66.1. The third kappa shape index (κ3) is 63.4. The monoisotopic (exact) mass is 1090 g/mol. The van der Waals surface area contributed by atoms with Crippen LogP contribution in [0.3, 0.4) is 0 Å². The molecule has 0 aliphatic carbocycles. The van der Waals surface area contributed by atoms with Gasteiger partial charge in [0, 0.05) is 19.3 Å². The van der Waals surface area contributed by atoms with E-state index in [-0.39, 0.29) is 31.1 Å². The van der Waals surface area contributed by atoms with Crippen molar-refractivity contribution in [1.82, 2.24) is 0 Å². The Balaban J connectivity index is 4.11. The van der Waals surface area contributed by atoms with Gasteiger partial charge in [-0.15, -0.1) is 0 Å². The molecule has 0 aromatic carbocycles. The first kappa shape index (κ1) is 74.6. The lowest BCUT2D eigenvalue weighted by Crippen LogP contribution is -2.30. The summed E-state index contributed by atoms with van der Waals surface area (Å²) >= 11 is 0. The van der Waals surface area contributed by atoms with Crippen LogP contribution in [0.25, 0.3) is 0 Å². The molecule has 6 nitrogen and oxygen atoms in total. The maximum Gasteiger partial charge on any atom is 0.306 e. The molecule has 0 N–H and O–H groups in total. The number of carbonyl (C=O) groups is 3. The Morgan fingerprint density at radius 1 is 0.269 bits per heavy atom. The molecule has 0 rings (SSSR count). The molecule has 1 unspecified atom stereocenters. The van der Waals surface area contributed by atoms with E-state index in [2.05, 4.69) is 106 Å². The SMILES string of the molecule is CC/C=C\C/C=C\C/C=C\C/C=C\C/C=C\C/C=C\CCCCCCCCCCCCCCCCC(=O)OCC(COC(=O)CCCCCCCCCCC)OC(=O)CCCCCCCCC/C=C\CCCCCCCCC. The van der Waals surface area contributed by atoms with Crippen molar-refractivity contribution in [2.45, 2.75) is 341 Å². The highest BCUT2D eigenvalue weighted by Crippen LogP contribution is 2.17. The number of esters is 3. The van der Waals surface area contributed by atoms with Crippen molar-refractivity contribution in [3.8, 4) is 0 Å². The summed E-state index contributed by atoms with van der Waals surface area (Å²) in [6, 6.07) is 0. The van der Waals surface area contributed by atoms with Gasteiger partial charge in [0.2, 0.25) is 0 Å². The van der Waals surface area contributed by atoms with Crippen LogP contribution < -0.4 is 0 Å². The molecule has 450 valence electrons. The van der Waals surface area contributed by atoms with Gasteiger partial charge in [-0.3, -0.25) is 14.4 Å². The smallest absolute Gasteiger partial charge is 0.306 e. The standard InChI is InChI=1S/C72H126O6/c1-4-7-10-13-16-19-21-23-25-27-29-30-31-32-33-34-35-36-37-38-39-40-41-42-43-45-46-48-50-53-56-59-62-65-71(74)77-68-69(67-76-70(73)64-61-58-55-52-18-15-12-9-6-3)78-72(75)66-63-60-57-54-51-49-47-44-28-26-24-22-20-17-14-11-8-5-2/h7,10,16,19,23,25-26,28-30,32-33,35-36,69H,4-6,8-9,11-15,17-18,20-22,24,27,31,34,37-68H2,1-3H3/b10-7-,19-16-,25-23-,28-26-,30-29-,33-32-,36-35-. The zero-order valence-electron chi connectivity index (χ0n) is 51.7. The number of carbonyl (C=O) groups excluding carboxylic acids is 3. The molecule has 0 saturated carbocycles. The lowest BCUT2D eigenvalue weighted by molar-refractivity contribution is -0.167. The molecule has 0 spiro atoms. The molecule has 0 heterocycles. The molecule has 0 saturated heterocycles. The Bertz CT molecular complexity index is 1480. The number of ether oxygens (including phenoxy) is 3. The van der Waals surface area contributed by atoms with Crippen LogP contribution in [0.15, 0.2) is 85.1 Å². The highest BCUT2D eigenvalue weighted by molar-refractivity contribution is 5.71. The van der Waals surface area contributed by atoms with Gasteiger partial charge < -0.3 is 14.2 Å². The number of hydrogen-bond donors (Lipinski definition) is 0. The Hall–Kier alpha value is -3.41. The van der Waals surface area contributed by atoms with Crippen molar-refractivity contribution in [2.75, 3.05) is 13.2 Å². The first-order valence-electron chi connectivity index (χ1n) is 33.6. The van der Waals surface area contributed by atoms with Crippen molar-refractivity contribution in [1.29, 1.82) is 0 Å². The van der Waals surface area contributed by atoms with Crippen LogP contribution in [0, 0.1) is 0 Å². The zero-order chi connectivity index (χ0) is 56.4. The summed E-state index contributed by atoms with van der Waals surface area (Å²) in [5.74, 6) is -0.866. The Morgan fingerprint density at radius 2 is 0.500 bits per heavy atom. The summed E-state index contributed by atoms with van der Waals surface area (Å²) in [4.78, 5) is 38.2. The molecular weight excluding hydrogens is 961 g/mol. The van der Waals surface area contributed by atoms with Crippen LogP contribution in [-0.2, 0) is 28.6 Å². The van der Waals surface area contributed by atoms with Crippen LogP contribution in [0.1, 0.15) is 335 Å². The first-order valence-corrected chi connectivity index (χ1v) is 33.6. The van der Waals surface area contributed by atoms with E-state index in [4.69, 9.17) is 14.2 Å². The highest BCUT2D eigenvalue weighted by atomic mass is 16.6. The molecule has 0 radical (unpaired) electrons. The molecule has 78 heavy (non-hydrogen) atoms. The number of rotatable bonds is 61. The molecule has 0 aromatic heterocycles. The highest BCUT2D eigenvalue weighted by Gasteiger charge is 2.19. The summed E-state index contributed by atoms with van der Waals surface area (Å²) in [5, 5.41) is 0. The van der Waals surface area contributed by atoms with Gasteiger partial charge in [0.15, 0.2) is 6.10 Å². The van der Waals surface area contributed by atoms with Crippen LogP contribution in [-0.4, -0.2) is 37.2 Å². The molecule has 0 amide bonds. The van der Waals surface area contributed by atoms with Gasteiger partial charge in [-0.05, 0) is 96.3 Å². The zero-order valence-corrected chi connectivity index (χ0v) is 51.7. The Kier molecular flexibility index (Phi) is 63.2. The van der Waals surface area contributed by atoms with Gasteiger partial charge in [0.25, 0.3) is 0 Å². The molecule has 1 atom stereocenters. The summed E-state index contributed by atoms with van der Waals surface area (Å²) in [6.45, 7) is 6.54. The molecule has 6 heteroatoms. The lowest BCUT2D eigenvalue weighted by atomic mass is 10.0. The summed E-state index contributed by atoms with van der Waals surface area (Å²) in [6.07, 6.45) is 87.6. The molecule has 0 aromatic rings. The number of hydrogen-bond acceptors (Lipinski definition) is 6. The molecule has 0 fully saturated rings. The van der Waals surface area contributed by atoms with Crippen molar-refractivity contribution in [2.24, 2.45) is 0 Å². The average molecular weight is 1090 g/mol. The normalized spacial score (nSPS) is 12.6. The fourth-order valence-corrected chi connectivity index (χ4v) is 9.62. The molecular formula is C72H126O6. The minimum atomic E-state index is -0.775. The maximum atomic E-state index is 12.9. The second-order valence-corrected chi connectivity index (χ2v) is 22.4. The average Bonchev–Trinajstić information content (AvgIpc) is 3.44. The minimum absolute atomic E-state index is 0.0735. The van der Waals surface area contributed by atoms with Crippen molar-refractivity contribution in [3.05, 3.63) is 85.1 Å². The van der Waals surface area contributed by atoms with E-state index in [1.807, 2.05) is 0 Å². The topological polar surface area (TPSA) is 78.9 Å². The molecule has 0 bridgehead atoms. The van der Waals surface area contributed by atoms with Gasteiger partial charge in [-0.1, -0.05) is 305 Å². The first-order chi connectivity index (χ1) is 38.5. The van der Waals surface area contributed by atoms with E-state index in [1.165, 1.54) is 199 Å². The third-order valence-electron chi connectivity index (χ3n) is 14.6. The van der Waals surface area contributed by atoms with Crippen molar-refractivity contribution < 1.29 is 28.6 Å². The van der Waals surface area contributed by atoms with E-state index >= 15 is 0 Å². The summed E-state index contributed by atoms with van der Waals surface area (Å²) in [7, 11) is 0. The van der Waals surface area contributed by atoms with E-state index in [1.54, 1.807) is 0 Å². The van der Waals surface area contributed by atoms with Crippen LogP contribution in [0.2, 0.25) is 0 Å². The van der Waals surface area contributed by atoms with E-state index in [0.717, 1.165) is 96.3 Å². The quantitative estimate of drug-likeness (QED) is 0.0261. The van der Waals surface area contributed by atoms with Gasteiger partial charge in [0.1, 0.15) is 13.2 Å². The molecule has 0 aliphatic rings. The largest absolute Gasteiger partial charge is 0.462 e. The fourth-order valence-electron chi connectivity index (χ4n) is 9.62. The third-order valence-corrected chi connectivity index (χ3v) is 14.6. The Labute approximate surface area is 484 Å². The van der Waals surface area contributed by atoms with Gasteiger partial charge in [-0.25, -0.2) is 0 Å². The number of unbranched alkanes of at least 4 members (excludes halogenated alkanes) is 36. The van der Waals surface area contributed by atoms with E-state index < -0.39 is 6.10 Å². The number of allylic oxidation sites excluding steroid dienone is 14. The lowest BCUT2D eigenvalue weighted by Gasteiger charge is -2.18. The maximum absolute atomic E-state index is 12.9. The van der Waals surface area contributed by atoms with Crippen LogP contribution >= 0.6 is 0 Å². The predicted octanol–water partition coefficient (Wildman–Crippen LogP) is 23.1. The summed E-state index contributed by atoms with van der Waals surface area (Å²) < 4.78 is 16.9. The van der Waals surface area contributed by atoms with Crippen molar-refractivity contribution in [3.63, 3.8) is 0 Å². The predicted molar refractivity (Wildman–Crippen MR) is 339 cm³/mol. The van der Waals surface area contributed by atoms with Crippen molar-refractivity contribution >= 4 is 17.9 Å².